The van der Waals surface area contributed by atoms with Crippen molar-refractivity contribution >= 4 is 11.5 Å². The molecule has 68 valence electrons. The van der Waals surface area contributed by atoms with Gasteiger partial charge in [0.25, 0.3) is 5.91 Å². The van der Waals surface area contributed by atoms with Crippen LogP contribution in [0.3, 0.4) is 0 Å². The van der Waals surface area contributed by atoms with Crippen molar-refractivity contribution in [3.05, 3.63) is 41.6 Å². The lowest BCUT2D eigenvalue weighted by atomic mass is 10.0. The van der Waals surface area contributed by atoms with Gasteiger partial charge in [-0.2, -0.15) is 0 Å². The van der Waals surface area contributed by atoms with Gasteiger partial charge < -0.3 is 11.5 Å². The highest BCUT2D eigenvalue weighted by Crippen LogP contribution is 2.13. The molecule has 0 heterocycles. The lowest BCUT2D eigenvalue weighted by molar-refractivity contribution is -0.112. The molecule has 1 aromatic carbocycles. The molecule has 1 rings (SSSR count). The molecule has 1 aromatic rings. The van der Waals surface area contributed by atoms with Gasteiger partial charge in [0, 0.05) is 6.20 Å². The Kier molecular flexibility index (Phi) is 2.69. The molecule has 0 aliphatic rings. The number of hydrogen-bond acceptors (Lipinski definition) is 2. The maximum Gasteiger partial charge on any atom is 0.250 e. The summed E-state index contributed by atoms with van der Waals surface area (Å²) in [5.41, 5.74) is 12.6. The Morgan fingerprint density at radius 1 is 1.46 bits per heavy atom. The molecule has 0 unspecified atom stereocenters. The standard InChI is InChI=1S/C10H12N2O/c1-7-3-2-4-8(5-7)9(6-11)10(12)13/h2-6H,11H2,1H3,(H2,12,13). The highest BCUT2D eigenvalue weighted by molar-refractivity contribution is 6.18. The van der Waals surface area contributed by atoms with Gasteiger partial charge in [-0.3, -0.25) is 4.79 Å². The number of rotatable bonds is 2. The number of primary amides is 1. The van der Waals surface area contributed by atoms with E-state index in [1.807, 2.05) is 25.1 Å². The summed E-state index contributed by atoms with van der Waals surface area (Å²) in [7, 11) is 0. The SMILES string of the molecule is Cc1cccc(C(=CN)C(N)=O)c1. The van der Waals surface area contributed by atoms with Crippen molar-refractivity contribution in [1.29, 1.82) is 0 Å². The fraction of sp³-hybridized carbons (Fsp3) is 0.100. The maximum absolute atomic E-state index is 10.9. The summed E-state index contributed by atoms with van der Waals surface area (Å²) in [5.74, 6) is -0.506. The third-order valence-corrected chi connectivity index (χ3v) is 1.76. The van der Waals surface area contributed by atoms with E-state index in [4.69, 9.17) is 11.5 Å². The summed E-state index contributed by atoms with van der Waals surface area (Å²) >= 11 is 0. The number of aryl methyl sites for hydroxylation is 1. The molecule has 0 aromatic heterocycles. The second-order valence-electron chi connectivity index (χ2n) is 2.81. The van der Waals surface area contributed by atoms with E-state index in [-0.39, 0.29) is 0 Å². The Morgan fingerprint density at radius 2 is 2.15 bits per heavy atom. The van der Waals surface area contributed by atoms with E-state index >= 15 is 0 Å². The third-order valence-electron chi connectivity index (χ3n) is 1.76. The lowest BCUT2D eigenvalue weighted by Crippen LogP contribution is -2.14. The molecule has 1 amide bonds. The van der Waals surface area contributed by atoms with Gasteiger partial charge in [0.1, 0.15) is 0 Å². The van der Waals surface area contributed by atoms with Crippen molar-refractivity contribution in [1.82, 2.24) is 0 Å². The van der Waals surface area contributed by atoms with Gasteiger partial charge in [-0.1, -0.05) is 29.8 Å². The van der Waals surface area contributed by atoms with Crippen LogP contribution >= 0.6 is 0 Å². The molecular weight excluding hydrogens is 164 g/mol. The number of hydrogen-bond donors (Lipinski definition) is 2. The van der Waals surface area contributed by atoms with E-state index in [1.165, 1.54) is 6.20 Å². The maximum atomic E-state index is 10.9. The number of nitrogens with two attached hydrogens (primary N) is 2. The predicted octanol–water partition coefficient (Wildman–Crippen LogP) is 0.780. The molecule has 3 heteroatoms. The normalized spacial score (nSPS) is 11.3. The Balaban J connectivity index is 3.14. The van der Waals surface area contributed by atoms with E-state index in [2.05, 4.69) is 0 Å². The van der Waals surface area contributed by atoms with Gasteiger partial charge in [0.15, 0.2) is 0 Å². The van der Waals surface area contributed by atoms with Gasteiger partial charge in [-0.05, 0) is 12.5 Å². The number of benzene rings is 1. The van der Waals surface area contributed by atoms with Gasteiger partial charge in [-0.15, -0.1) is 0 Å². The zero-order valence-corrected chi connectivity index (χ0v) is 7.45. The summed E-state index contributed by atoms with van der Waals surface area (Å²) < 4.78 is 0. The van der Waals surface area contributed by atoms with Gasteiger partial charge in [0.2, 0.25) is 0 Å². The molecule has 0 fully saturated rings. The highest BCUT2D eigenvalue weighted by Gasteiger charge is 2.06. The average molecular weight is 176 g/mol. The molecule has 13 heavy (non-hydrogen) atoms. The Labute approximate surface area is 77.0 Å². The minimum absolute atomic E-state index is 0.351. The van der Waals surface area contributed by atoms with Crippen molar-refractivity contribution in [3.8, 4) is 0 Å². The molecule has 3 nitrogen and oxygen atoms in total. The first-order chi connectivity index (χ1) is 6.15. The molecular formula is C10H12N2O. The van der Waals surface area contributed by atoms with E-state index < -0.39 is 5.91 Å². The second kappa shape index (κ2) is 3.76. The molecule has 0 aliphatic carbocycles. The van der Waals surface area contributed by atoms with Crippen molar-refractivity contribution < 1.29 is 4.79 Å². The summed E-state index contributed by atoms with van der Waals surface area (Å²) in [6.07, 6.45) is 1.23. The van der Waals surface area contributed by atoms with Crippen LogP contribution in [-0.4, -0.2) is 5.91 Å². The smallest absolute Gasteiger partial charge is 0.250 e. The summed E-state index contributed by atoms with van der Waals surface area (Å²) in [5, 5.41) is 0. The van der Waals surface area contributed by atoms with E-state index in [1.54, 1.807) is 6.07 Å². The summed E-state index contributed by atoms with van der Waals surface area (Å²) in [6, 6.07) is 7.47. The first-order valence-electron chi connectivity index (χ1n) is 3.94. The van der Waals surface area contributed by atoms with E-state index in [9.17, 15) is 4.79 Å². The van der Waals surface area contributed by atoms with Crippen LogP contribution in [0, 0.1) is 6.92 Å². The van der Waals surface area contributed by atoms with Crippen LogP contribution in [0.15, 0.2) is 30.5 Å². The topological polar surface area (TPSA) is 69.1 Å². The van der Waals surface area contributed by atoms with Crippen LogP contribution < -0.4 is 11.5 Å². The molecule has 0 spiro atoms. The van der Waals surface area contributed by atoms with Crippen molar-refractivity contribution in [2.24, 2.45) is 11.5 Å². The van der Waals surface area contributed by atoms with E-state index in [0.717, 1.165) is 11.1 Å². The Morgan fingerprint density at radius 3 is 2.62 bits per heavy atom. The molecule has 0 saturated carbocycles. The van der Waals surface area contributed by atoms with Crippen LogP contribution in [-0.2, 0) is 4.79 Å². The quantitative estimate of drug-likeness (QED) is 0.654. The molecule has 0 bridgehead atoms. The molecule has 0 atom stereocenters. The van der Waals surface area contributed by atoms with E-state index in [0.29, 0.717) is 5.57 Å². The molecule has 4 N–H and O–H groups in total. The first kappa shape index (κ1) is 9.32. The van der Waals surface area contributed by atoms with Crippen LogP contribution in [0.1, 0.15) is 11.1 Å². The number of amides is 1. The van der Waals surface area contributed by atoms with Gasteiger partial charge in [0.05, 0.1) is 5.57 Å². The largest absolute Gasteiger partial charge is 0.404 e. The van der Waals surface area contributed by atoms with Crippen LogP contribution in [0.2, 0.25) is 0 Å². The minimum Gasteiger partial charge on any atom is -0.404 e. The highest BCUT2D eigenvalue weighted by atomic mass is 16.1. The minimum atomic E-state index is -0.506. The summed E-state index contributed by atoms with van der Waals surface area (Å²) in [6.45, 7) is 1.94. The van der Waals surface area contributed by atoms with Crippen LogP contribution in [0.25, 0.3) is 5.57 Å². The zero-order chi connectivity index (χ0) is 9.84. The van der Waals surface area contributed by atoms with Crippen molar-refractivity contribution in [2.45, 2.75) is 6.92 Å². The number of carbonyl (C=O) groups is 1. The van der Waals surface area contributed by atoms with Crippen LogP contribution in [0.5, 0.6) is 0 Å². The zero-order valence-electron chi connectivity index (χ0n) is 7.45. The predicted molar refractivity (Wildman–Crippen MR) is 52.5 cm³/mol. The van der Waals surface area contributed by atoms with Crippen molar-refractivity contribution in [3.63, 3.8) is 0 Å². The fourth-order valence-electron chi connectivity index (χ4n) is 1.13. The fourth-order valence-corrected chi connectivity index (χ4v) is 1.13. The van der Waals surface area contributed by atoms with Crippen molar-refractivity contribution in [2.75, 3.05) is 0 Å². The van der Waals surface area contributed by atoms with Crippen LogP contribution in [0.4, 0.5) is 0 Å². The molecule has 0 radical (unpaired) electrons. The van der Waals surface area contributed by atoms with Gasteiger partial charge >= 0.3 is 0 Å². The monoisotopic (exact) mass is 176 g/mol. The Hall–Kier alpha value is -1.77. The molecule has 0 aliphatic heterocycles. The Bertz CT molecular complexity index is 356. The average Bonchev–Trinajstić information content (AvgIpc) is 2.04. The summed E-state index contributed by atoms with van der Waals surface area (Å²) in [4.78, 5) is 10.9. The third kappa shape index (κ3) is 2.08. The van der Waals surface area contributed by atoms with Gasteiger partial charge in [-0.25, -0.2) is 0 Å². The number of carbonyl (C=O) groups excluding carboxylic acids is 1. The molecule has 0 saturated heterocycles. The first-order valence-corrected chi connectivity index (χ1v) is 3.94. The lowest BCUT2D eigenvalue weighted by Gasteiger charge is -2.02. The second-order valence-corrected chi connectivity index (χ2v) is 2.81.